The molecule has 6 heteroatoms. The molecule has 0 unspecified atom stereocenters. The van der Waals surface area contributed by atoms with Crippen molar-refractivity contribution in [1.82, 2.24) is 14.7 Å². The van der Waals surface area contributed by atoms with Crippen molar-refractivity contribution in [2.75, 3.05) is 13.2 Å². The van der Waals surface area contributed by atoms with E-state index >= 15 is 0 Å². The number of carbonyl (C=O) groups excluding carboxylic acids is 1. The van der Waals surface area contributed by atoms with Crippen LogP contribution in [0.1, 0.15) is 55.5 Å². The molecule has 1 amide bonds. The maximum Gasteiger partial charge on any atom is 0.223 e. The number of fused-ring (bicyclic) bond motifs is 1. The molecule has 1 aliphatic carbocycles. The van der Waals surface area contributed by atoms with Crippen molar-refractivity contribution >= 4 is 5.91 Å². The van der Waals surface area contributed by atoms with E-state index in [4.69, 9.17) is 10.00 Å². The highest BCUT2D eigenvalue weighted by Crippen LogP contribution is 2.29. The second-order valence-corrected chi connectivity index (χ2v) is 7.13. The van der Waals surface area contributed by atoms with Crippen LogP contribution in [0.4, 0.5) is 0 Å². The van der Waals surface area contributed by atoms with Gasteiger partial charge in [-0.1, -0.05) is 12.8 Å². The van der Waals surface area contributed by atoms with Gasteiger partial charge in [-0.2, -0.15) is 10.4 Å². The average Bonchev–Trinajstić information content (AvgIpc) is 2.90. The molecule has 2 atom stereocenters. The summed E-state index contributed by atoms with van der Waals surface area (Å²) in [6, 6.07) is 2.43. The predicted octanol–water partition coefficient (Wildman–Crippen LogP) is 2.52. The number of ether oxygens (including phenoxy) is 1. The van der Waals surface area contributed by atoms with Gasteiger partial charge in [0.15, 0.2) is 0 Å². The van der Waals surface area contributed by atoms with Crippen LogP contribution in [0.15, 0.2) is 0 Å². The Hall–Kier alpha value is -1.87. The minimum Gasteiger partial charge on any atom is -0.374 e. The van der Waals surface area contributed by atoms with Crippen LogP contribution in [0.3, 0.4) is 0 Å². The first-order valence-corrected chi connectivity index (χ1v) is 9.42. The summed E-state index contributed by atoms with van der Waals surface area (Å²) in [6.45, 7) is 6.02. The molecule has 3 rings (SSSR count). The Bertz CT molecular complexity index is 659. The summed E-state index contributed by atoms with van der Waals surface area (Å²) >= 11 is 0. The molecule has 1 aromatic heterocycles. The topological polar surface area (TPSA) is 71.2 Å². The first kappa shape index (κ1) is 17.9. The third-order valence-electron chi connectivity index (χ3n) is 5.61. The summed E-state index contributed by atoms with van der Waals surface area (Å²) in [5.41, 5.74) is 3.21. The van der Waals surface area contributed by atoms with Gasteiger partial charge in [-0.15, -0.1) is 0 Å². The lowest BCUT2D eigenvalue weighted by molar-refractivity contribution is -0.149. The highest BCUT2D eigenvalue weighted by Gasteiger charge is 2.36. The monoisotopic (exact) mass is 344 g/mol. The Kier molecular flexibility index (Phi) is 5.74. The fourth-order valence-corrected chi connectivity index (χ4v) is 4.25. The second kappa shape index (κ2) is 8.01. The third kappa shape index (κ3) is 3.87. The summed E-state index contributed by atoms with van der Waals surface area (Å²) in [7, 11) is 0. The zero-order chi connectivity index (χ0) is 17.8. The van der Waals surface area contributed by atoms with E-state index in [0.29, 0.717) is 26.0 Å². The Balaban J connectivity index is 1.62. The molecule has 25 heavy (non-hydrogen) atoms. The number of hydrogen-bond acceptors (Lipinski definition) is 4. The summed E-state index contributed by atoms with van der Waals surface area (Å²) in [4.78, 5) is 14.9. The molecule has 136 valence electrons. The lowest BCUT2D eigenvalue weighted by Crippen LogP contribution is -2.54. The fourth-order valence-electron chi connectivity index (χ4n) is 4.25. The third-order valence-corrected chi connectivity index (χ3v) is 5.61. The van der Waals surface area contributed by atoms with Gasteiger partial charge >= 0.3 is 0 Å². The molecular formula is C19H28N4O2. The van der Waals surface area contributed by atoms with Crippen molar-refractivity contribution in [3.05, 3.63) is 17.0 Å². The largest absolute Gasteiger partial charge is 0.374 e. The molecule has 1 aliphatic heterocycles. The van der Waals surface area contributed by atoms with E-state index in [1.807, 2.05) is 18.5 Å². The lowest BCUT2D eigenvalue weighted by atomic mass is 9.90. The smallest absolute Gasteiger partial charge is 0.223 e. The predicted molar refractivity (Wildman–Crippen MR) is 94.0 cm³/mol. The standard InChI is InChI=1S/C19H28N4O2/c1-14-16(15(2)23(21-14)11-5-10-20)8-9-19(24)22-12-13-25-18-7-4-3-6-17(18)22/h17-18H,3-9,11-13H2,1-2H3/t17-,18-/m0/s1. The quantitative estimate of drug-likeness (QED) is 0.823. The summed E-state index contributed by atoms with van der Waals surface area (Å²) < 4.78 is 7.76. The molecule has 0 spiro atoms. The van der Waals surface area contributed by atoms with Crippen LogP contribution in [0.5, 0.6) is 0 Å². The van der Waals surface area contributed by atoms with Crippen LogP contribution in [-0.4, -0.2) is 45.9 Å². The van der Waals surface area contributed by atoms with E-state index in [0.717, 1.165) is 42.8 Å². The van der Waals surface area contributed by atoms with Gasteiger partial charge in [-0.05, 0) is 38.7 Å². The SMILES string of the molecule is Cc1nn(CCC#N)c(C)c1CCC(=O)N1CCO[C@H]2CCCC[C@@H]21. The molecule has 2 fully saturated rings. The Morgan fingerprint density at radius 1 is 1.36 bits per heavy atom. The van der Waals surface area contributed by atoms with Crippen molar-refractivity contribution in [3.63, 3.8) is 0 Å². The number of aryl methyl sites for hydroxylation is 2. The van der Waals surface area contributed by atoms with Gasteiger partial charge in [0, 0.05) is 18.7 Å². The number of nitriles is 1. The average molecular weight is 344 g/mol. The molecule has 0 bridgehead atoms. The highest BCUT2D eigenvalue weighted by molar-refractivity contribution is 5.77. The number of carbonyl (C=O) groups is 1. The van der Waals surface area contributed by atoms with Crippen molar-refractivity contribution in [2.24, 2.45) is 0 Å². The van der Waals surface area contributed by atoms with E-state index < -0.39 is 0 Å². The molecule has 0 N–H and O–H groups in total. The molecule has 1 saturated carbocycles. The molecule has 0 aromatic carbocycles. The Morgan fingerprint density at radius 2 is 2.16 bits per heavy atom. The maximum absolute atomic E-state index is 12.8. The van der Waals surface area contributed by atoms with Gasteiger partial charge < -0.3 is 9.64 Å². The van der Waals surface area contributed by atoms with Gasteiger partial charge in [0.25, 0.3) is 0 Å². The first-order valence-electron chi connectivity index (χ1n) is 9.42. The van der Waals surface area contributed by atoms with Crippen LogP contribution in [-0.2, 0) is 22.5 Å². The number of aromatic nitrogens is 2. The van der Waals surface area contributed by atoms with Crippen molar-refractivity contribution in [1.29, 1.82) is 5.26 Å². The molecular weight excluding hydrogens is 316 g/mol. The van der Waals surface area contributed by atoms with Crippen molar-refractivity contribution < 1.29 is 9.53 Å². The summed E-state index contributed by atoms with van der Waals surface area (Å²) in [5.74, 6) is 0.240. The number of morpholine rings is 1. The number of amides is 1. The summed E-state index contributed by atoms with van der Waals surface area (Å²) in [5, 5.41) is 13.3. The molecule has 1 saturated heterocycles. The Labute approximate surface area is 149 Å². The van der Waals surface area contributed by atoms with E-state index in [2.05, 4.69) is 16.1 Å². The normalized spacial score (nSPS) is 23.2. The first-order chi connectivity index (χ1) is 12.1. The van der Waals surface area contributed by atoms with E-state index in [-0.39, 0.29) is 18.1 Å². The zero-order valence-corrected chi connectivity index (χ0v) is 15.3. The number of nitrogens with zero attached hydrogens (tertiary/aromatic N) is 4. The van der Waals surface area contributed by atoms with Gasteiger partial charge in [0.05, 0.1) is 43.5 Å². The fraction of sp³-hybridized carbons (Fsp3) is 0.737. The molecule has 1 aromatic rings. The van der Waals surface area contributed by atoms with E-state index in [1.54, 1.807) is 0 Å². The molecule has 2 heterocycles. The minimum absolute atomic E-state index is 0.239. The zero-order valence-electron chi connectivity index (χ0n) is 15.3. The van der Waals surface area contributed by atoms with Crippen LogP contribution < -0.4 is 0 Å². The van der Waals surface area contributed by atoms with Gasteiger partial charge in [-0.25, -0.2) is 0 Å². The van der Waals surface area contributed by atoms with Crippen LogP contribution in [0, 0.1) is 25.2 Å². The number of hydrogen-bond donors (Lipinski definition) is 0. The molecule has 0 radical (unpaired) electrons. The van der Waals surface area contributed by atoms with Crippen molar-refractivity contribution in [2.45, 2.75) is 77.5 Å². The Morgan fingerprint density at radius 3 is 2.96 bits per heavy atom. The summed E-state index contributed by atoms with van der Waals surface area (Å²) in [6.07, 6.45) is 6.49. The molecule has 2 aliphatic rings. The van der Waals surface area contributed by atoms with Crippen LogP contribution in [0.25, 0.3) is 0 Å². The van der Waals surface area contributed by atoms with E-state index in [1.165, 1.54) is 12.8 Å². The second-order valence-electron chi connectivity index (χ2n) is 7.13. The van der Waals surface area contributed by atoms with Crippen LogP contribution >= 0.6 is 0 Å². The van der Waals surface area contributed by atoms with Gasteiger partial charge in [0.1, 0.15) is 0 Å². The van der Waals surface area contributed by atoms with Crippen LogP contribution in [0.2, 0.25) is 0 Å². The lowest BCUT2D eigenvalue weighted by Gasteiger charge is -2.43. The minimum atomic E-state index is 0.239. The van der Waals surface area contributed by atoms with Gasteiger partial charge in [-0.3, -0.25) is 9.48 Å². The van der Waals surface area contributed by atoms with Gasteiger partial charge in [0.2, 0.25) is 5.91 Å². The molecule has 6 nitrogen and oxygen atoms in total. The maximum atomic E-state index is 12.8. The van der Waals surface area contributed by atoms with E-state index in [9.17, 15) is 4.79 Å². The number of rotatable bonds is 5. The van der Waals surface area contributed by atoms with Crippen molar-refractivity contribution in [3.8, 4) is 6.07 Å². The highest BCUT2D eigenvalue weighted by atomic mass is 16.5.